The number of aromatic nitrogens is 1. The molecule has 2 rings (SSSR count). The number of benzene rings is 1. The van der Waals surface area contributed by atoms with Gasteiger partial charge in [0.05, 0.1) is 16.1 Å². The van der Waals surface area contributed by atoms with E-state index >= 15 is 0 Å². The molecule has 0 radical (unpaired) electrons. The van der Waals surface area contributed by atoms with Crippen molar-refractivity contribution in [1.82, 2.24) is 10.3 Å². The number of anilines is 1. The highest BCUT2D eigenvalue weighted by molar-refractivity contribution is 7.13. The quantitative estimate of drug-likeness (QED) is 0.889. The Hall–Kier alpha value is -1.72. The average molecular weight is 289 g/mol. The summed E-state index contributed by atoms with van der Waals surface area (Å²) in [4.78, 5) is 16.8. The zero-order valence-electron chi connectivity index (χ0n) is 12.0. The molecule has 0 saturated carbocycles. The first-order chi connectivity index (χ1) is 9.61. The second-order valence-corrected chi connectivity index (χ2v) is 5.46. The average Bonchev–Trinajstić information content (AvgIpc) is 2.83. The number of hydrogen-bond acceptors (Lipinski definition) is 4. The van der Waals surface area contributed by atoms with Gasteiger partial charge in [0.25, 0.3) is 0 Å². The molecule has 0 aliphatic heterocycles. The summed E-state index contributed by atoms with van der Waals surface area (Å²) >= 11 is 1.61. The van der Waals surface area contributed by atoms with Crippen LogP contribution in [0.3, 0.4) is 0 Å². The lowest BCUT2D eigenvalue weighted by molar-refractivity contribution is -0.114. The van der Waals surface area contributed by atoms with Gasteiger partial charge in [-0.2, -0.15) is 0 Å². The van der Waals surface area contributed by atoms with Crippen molar-refractivity contribution in [3.63, 3.8) is 0 Å². The first kappa shape index (κ1) is 14.7. The van der Waals surface area contributed by atoms with Gasteiger partial charge in [0.1, 0.15) is 0 Å². The molecule has 0 bridgehead atoms. The van der Waals surface area contributed by atoms with Crippen LogP contribution in [0.25, 0.3) is 10.4 Å². The first-order valence-corrected chi connectivity index (χ1v) is 7.51. The van der Waals surface area contributed by atoms with E-state index in [4.69, 9.17) is 0 Å². The summed E-state index contributed by atoms with van der Waals surface area (Å²) in [5, 5.41) is 6.19. The van der Waals surface area contributed by atoms with Crippen LogP contribution in [0.4, 0.5) is 5.69 Å². The molecule has 1 aromatic carbocycles. The number of nitrogens with one attached hydrogen (secondary N) is 2. The van der Waals surface area contributed by atoms with E-state index in [-0.39, 0.29) is 5.91 Å². The number of carbonyl (C=O) groups excluding carboxylic acids is 1. The second-order valence-electron chi connectivity index (χ2n) is 4.60. The van der Waals surface area contributed by atoms with E-state index in [1.54, 1.807) is 11.3 Å². The SMILES string of the molecule is CCNCc1ccc(-c2scnc2C)cc1NC(C)=O. The normalized spacial score (nSPS) is 10.6. The van der Waals surface area contributed by atoms with Crippen molar-refractivity contribution in [2.75, 3.05) is 11.9 Å². The number of nitrogens with zero attached hydrogens (tertiary/aromatic N) is 1. The van der Waals surface area contributed by atoms with Crippen LogP contribution in [0.1, 0.15) is 25.1 Å². The highest BCUT2D eigenvalue weighted by Crippen LogP contribution is 2.30. The summed E-state index contributed by atoms with van der Waals surface area (Å²) in [7, 11) is 0. The van der Waals surface area contributed by atoms with Gasteiger partial charge in [0, 0.05) is 19.2 Å². The Morgan fingerprint density at radius 2 is 2.20 bits per heavy atom. The molecule has 0 unspecified atom stereocenters. The largest absolute Gasteiger partial charge is 0.326 e. The molecule has 0 spiro atoms. The molecule has 5 heteroatoms. The standard InChI is InChI=1S/C15H19N3OS/c1-4-16-8-13-6-5-12(7-14(13)18-11(3)19)15-10(2)17-9-20-15/h5-7,9,16H,4,8H2,1-3H3,(H,18,19). The molecule has 0 fully saturated rings. The lowest BCUT2D eigenvalue weighted by Gasteiger charge is -2.12. The zero-order valence-corrected chi connectivity index (χ0v) is 12.8. The Kier molecular flexibility index (Phi) is 4.87. The van der Waals surface area contributed by atoms with Gasteiger partial charge in [0.15, 0.2) is 0 Å². The van der Waals surface area contributed by atoms with E-state index in [0.29, 0.717) is 0 Å². The second kappa shape index (κ2) is 6.63. The van der Waals surface area contributed by atoms with Crippen molar-refractivity contribution in [1.29, 1.82) is 0 Å². The first-order valence-electron chi connectivity index (χ1n) is 6.63. The molecule has 0 atom stereocenters. The summed E-state index contributed by atoms with van der Waals surface area (Å²) in [6.07, 6.45) is 0. The molecule has 106 valence electrons. The number of thiazole rings is 1. The number of amides is 1. The molecule has 2 N–H and O–H groups in total. The maximum atomic E-state index is 11.4. The predicted octanol–water partition coefficient (Wildman–Crippen LogP) is 3.19. The lowest BCUT2D eigenvalue weighted by Crippen LogP contribution is -2.15. The van der Waals surface area contributed by atoms with E-state index in [0.717, 1.165) is 40.5 Å². The third-order valence-electron chi connectivity index (χ3n) is 2.99. The van der Waals surface area contributed by atoms with Crippen LogP contribution in [0.2, 0.25) is 0 Å². The third-order valence-corrected chi connectivity index (χ3v) is 3.97. The minimum Gasteiger partial charge on any atom is -0.326 e. The zero-order chi connectivity index (χ0) is 14.5. The van der Waals surface area contributed by atoms with Crippen LogP contribution in [0.15, 0.2) is 23.7 Å². The fraction of sp³-hybridized carbons (Fsp3) is 0.333. The molecule has 1 amide bonds. The molecule has 0 saturated heterocycles. The van der Waals surface area contributed by atoms with Crippen LogP contribution in [-0.4, -0.2) is 17.4 Å². The van der Waals surface area contributed by atoms with Gasteiger partial charge in [-0.25, -0.2) is 4.98 Å². The highest BCUT2D eigenvalue weighted by atomic mass is 32.1. The lowest BCUT2D eigenvalue weighted by atomic mass is 10.1. The minimum absolute atomic E-state index is 0.0547. The van der Waals surface area contributed by atoms with Gasteiger partial charge in [-0.1, -0.05) is 19.1 Å². The van der Waals surface area contributed by atoms with E-state index in [9.17, 15) is 4.79 Å². The van der Waals surface area contributed by atoms with E-state index in [2.05, 4.69) is 34.7 Å². The molecule has 0 aliphatic carbocycles. The number of carbonyl (C=O) groups is 1. The van der Waals surface area contributed by atoms with Gasteiger partial charge in [0.2, 0.25) is 5.91 Å². The smallest absolute Gasteiger partial charge is 0.221 e. The van der Waals surface area contributed by atoms with Crippen LogP contribution in [-0.2, 0) is 11.3 Å². The summed E-state index contributed by atoms with van der Waals surface area (Å²) in [6.45, 7) is 7.23. The number of hydrogen-bond donors (Lipinski definition) is 2. The Labute approximate surface area is 123 Å². The van der Waals surface area contributed by atoms with Gasteiger partial charge in [-0.3, -0.25) is 4.79 Å². The summed E-state index contributed by atoms with van der Waals surface area (Å²) in [6, 6.07) is 6.16. The fourth-order valence-electron chi connectivity index (χ4n) is 2.02. The summed E-state index contributed by atoms with van der Waals surface area (Å²) in [5.41, 5.74) is 5.91. The molecule has 20 heavy (non-hydrogen) atoms. The van der Waals surface area contributed by atoms with Crippen molar-refractivity contribution in [2.24, 2.45) is 0 Å². The monoisotopic (exact) mass is 289 g/mol. The molecule has 1 aromatic heterocycles. The van der Waals surface area contributed by atoms with Crippen molar-refractivity contribution in [3.8, 4) is 10.4 Å². The molecular formula is C15H19N3OS. The number of rotatable bonds is 5. The van der Waals surface area contributed by atoms with Gasteiger partial charge < -0.3 is 10.6 Å². The maximum absolute atomic E-state index is 11.4. The summed E-state index contributed by atoms with van der Waals surface area (Å²) < 4.78 is 0. The summed E-state index contributed by atoms with van der Waals surface area (Å²) in [5.74, 6) is -0.0547. The topological polar surface area (TPSA) is 54.0 Å². The van der Waals surface area contributed by atoms with E-state index in [1.807, 2.05) is 18.5 Å². The fourth-order valence-corrected chi connectivity index (χ4v) is 2.82. The van der Waals surface area contributed by atoms with Gasteiger partial charge in [-0.15, -0.1) is 11.3 Å². The van der Waals surface area contributed by atoms with Crippen LogP contribution >= 0.6 is 11.3 Å². The highest BCUT2D eigenvalue weighted by Gasteiger charge is 2.09. The third kappa shape index (κ3) is 3.43. The maximum Gasteiger partial charge on any atom is 0.221 e. The van der Waals surface area contributed by atoms with Crippen LogP contribution in [0, 0.1) is 6.92 Å². The molecule has 1 heterocycles. The van der Waals surface area contributed by atoms with E-state index in [1.165, 1.54) is 6.92 Å². The molecule has 0 aliphatic rings. The van der Waals surface area contributed by atoms with Crippen LogP contribution in [0.5, 0.6) is 0 Å². The van der Waals surface area contributed by atoms with Crippen molar-refractivity contribution >= 4 is 22.9 Å². The molecule has 2 aromatic rings. The predicted molar refractivity (Wildman–Crippen MR) is 84.0 cm³/mol. The van der Waals surface area contributed by atoms with Crippen molar-refractivity contribution in [2.45, 2.75) is 27.3 Å². The molecule has 4 nitrogen and oxygen atoms in total. The van der Waals surface area contributed by atoms with Gasteiger partial charge in [-0.05, 0) is 30.7 Å². The van der Waals surface area contributed by atoms with Crippen molar-refractivity contribution in [3.05, 3.63) is 35.0 Å². The van der Waals surface area contributed by atoms with Gasteiger partial charge >= 0.3 is 0 Å². The minimum atomic E-state index is -0.0547. The van der Waals surface area contributed by atoms with Crippen molar-refractivity contribution < 1.29 is 4.79 Å². The van der Waals surface area contributed by atoms with Crippen LogP contribution < -0.4 is 10.6 Å². The Balaban J connectivity index is 2.37. The Bertz CT molecular complexity index is 607. The van der Waals surface area contributed by atoms with E-state index < -0.39 is 0 Å². The molecular weight excluding hydrogens is 270 g/mol. The Morgan fingerprint density at radius 3 is 2.80 bits per heavy atom. The Morgan fingerprint density at radius 1 is 1.40 bits per heavy atom. The number of aryl methyl sites for hydroxylation is 1.